The van der Waals surface area contributed by atoms with Gasteiger partial charge in [-0.2, -0.15) is 0 Å². The summed E-state index contributed by atoms with van der Waals surface area (Å²) in [5.74, 6) is 4.36. The van der Waals surface area contributed by atoms with Crippen LogP contribution in [0.15, 0.2) is 30.3 Å². The molecule has 1 aliphatic rings. The number of benzene rings is 1. The number of ether oxygens (including phenoxy) is 1. The number of aromatic nitrogens is 2. The molecule has 0 aliphatic carbocycles. The maximum atomic E-state index is 5.51. The molecule has 1 aromatic heterocycles. The van der Waals surface area contributed by atoms with Crippen molar-refractivity contribution in [1.29, 1.82) is 0 Å². The zero-order valence-electron chi connectivity index (χ0n) is 16.9. The molecule has 0 bridgehead atoms. The van der Waals surface area contributed by atoms with Crippen LogP contribution in [-0.4, -0.2) is 49.8 Å². The first-order valence-electron chi connectivity index (χ1n) is 9.79. The van der Waals surface area contributed by atoms with Gasteiger partial charge in [-0.3, -0.25) is 0 Å². The first-order valence-corrected chi connectivity index (χ1v) is 9.79. The fraction of sp³-hybridized carbons (Fsp3) is 0.524. The van der Waals surface area contributed by atoms with Crippen LogP contribution in [0.1, 0.15) is 26.1 Å². The molecule has 27 heavy (non-hydrogen) atoms. The molecule has 1 saturated heterocycles. The van der Waals surface area contributed by atoms with Crippen molar-refractivity contribution in [3.8, 4) is 5.75 Å². The van der Waals surface area contributed by atoms with Gasteiger partial charge in [-0.05, 0) is 31.4 Å². The van der Waals surface area contributed by atoms with Gasteiger partial charge in [-0.1, -0.05) is 26.0 Å². The summed E-state index contributed by atoms with van der Waals surface area (Å²) in [6, 6.07) is 10.3. The molecule has 1 aromatic carbocycles. The Hall–Kier alpha value is -2.50. The van der Waals surface area contributed by atoms with Crippen LogP contribution in [0.4, 0.5) is 17.3 Å². The second-order valence-electron chi connectivity index (χ2n) is 7.41. The number of hydrogen-bond donors (Lipinski definition) is 1. The minimum Gasteiger partial charge on any atom is -0.495 e. The van der Waals surface area contributed by atoms with Crippen molar-refractivity contribution in [2.75, 3.05) is 55.0 Å². The lowest BCUT2D eigenvalue weighted by Gasteiger charge is -2.37. The Kier molecular flexibility index (Phi) is 6.37. The normalized spacial score (nSPS) is 14.6. The summed E-state index contributed by atoms with van der Waals surface area (Å²) < 4.78 is 5.51. The summed E-state index contributed by atoms with van der Waals surface area (Å²) in [4.78, 5) is 13.9. The van der Waals surface area contributed by atoms with Crippen LogP contribution in [0.3, 0.4) is 0 Å². The molecule has 0 atom stereocenters. The van der Waals surface area contributed by atoms with E-state index in [1.807, 2.05) is 19.1 Å². The van der Waals surface area contributed by atoms with Gasteiger partial charge in [0.25, 0.3) is 0 Å². The van der Waals surface area contributed by atoms with Crippen LogP contribution in [0, 0.1) is 12.8 Å². The van der Waals surface area contributed by atoms with Crippen LogP contribution >= 0.6 is 0 Å². The van der Waals surface area contributed by atoms with E-state index < -0.39 is 0 Å². The lowest BCUT2D eigenvalue weighted by molar-refractivity contribution is 0.413. The first kappa shape index (κ1) is 19.3. The summed E-state index contributed by atoms with van der Waals surface area (Å²) in [6.45, 7) is 11.1. The standard InChI is InChI=1S/C21H31N5O/c1-16(2)9-10-22-20-15-21(24-17(3)23-20)26-13-11-25(12-14-26)18-7-5-6-8-19(18)27-4/h5-8,15-16H,9-14H2,1-4H3,(H,22,23,24). The Balaban J connectivity index is 1.64. The fourth-order valence-corrected chi connectivity index (χ4v) is 3.36. The molecule has 2 heterocycles. The number of nitrogens with zero attached hydrogens (tertiary/aromatic N) is 4. The van der Waals surface area contributed by atoms with E-state index in [9.17, 15) is 0 Å². The van der Waals surface area contributed by atoms with Crippen LogP contribution in [0.25, 0.3) is 0 Å². The van der Waals surface area contributed by atoms with E-state index in [1.54, 1.807) is 7.11 Å². The van der Waals surface area contributed by atoms with E-state index in [0.717, 1.165) is 68.0 Å². The number of methoxy groups -OCH3 is 1. The fourth-order valence-electron chi connectivity index (χ4n) is 3.36. The van der Waals surface area contributed by atoms with Gasteiger partial charge in [0.15, 0.2) is 0 Å². The predicted molar refractivity (Wildman–Crippen MR) is 112 cm³/mol. The van der Waals surface area contributed by atoms with Crippen LogP contribution in [0.5, 0.6) is 5.75 Å². The van der Waals surface area contributed by atoms with Crippen molar-refractivity contribution in [2.45, 2.75) is 27.2 Å². The van der Waals surface area contributed by atoms with Crippen LogP contribution in [-0.2, 0) is 0 Å². The second kappa shape index (κ2) is 8.93. The molecule has 1 fully saturated rings. The molecular weight excluding hydrogens is 338 g/mol. The number of rotatable bonds is 7. The lowest BCUT2D eigenvalue weighted by Crippen LogP contribution is -2.47. The van der Waals surface area contributed by atoms with E-state index in [-0.39, 0.29) is 0 Å². The van der Waals surface area contributed by atoms with Gasteiger partial charge in [-0.25, -0.2) is 9.97 Å². The van der Waals surface area contributed by atoms with Gasteiger partial charge in [0, 0.05) is 38.8 Å². The Morgan fingerprint density at radius 3 is 2.48 bits per heavy atom. The summed E-state index contributed by atoms with van der Waals surface area (Å²) in [6.07, 6.45) is 1.13. The summed E-state index contributed by atoms with van der Waals surface area (Å²) in [5, 5.41) is 3.44. The zero-order chi connectivity index (χ0) is 19.2. The molecule has 0 radical (unpaired) electrons. The van der Waals surface area contributed by atoms with E-state index >= 15 is 0 Å². The summed E-state index contributed by atoms with van der Waals surface area (Å²) in [5.41, 5.74) is 1.16. The van der Waals surface area contributed by atoms with Crippen molar-refractivity contribution in [3.05, 3.63) is 36.2 Å². The van der Waals surface area contributed by atoms with Crippen LogP contribution in [0.2, 0.25) is 0 Å². The third kappa shape index (κ3) is 5.02. The molecule has 146 valence electrons. The first-order chi connectivity index (χ1) is 13.1. The summed E-state index contributed by atoms with van der Waals surface area (Å²) in [7, 11) is 1.73. The Bertz CT molecular complexity index is 741. The number of para-hydroxylation sites is 2. The molecule has 3 rings (SSSR count). The van der Waals surface area contributed by atoms with E-state index in [2.05, 4.69) is 57.1 Å². The van der Waals surface area contributed by atoms with Crippen molar-refractivity contribution in [2.24, 2.45) is 5.92 Å². The highest BCUT2D eigenvalue weighted by molar-refractivity contribution is 5.60. The Morgan fingerprint density at radius 2 is 1.78 bits per heavy atom. The van der Waals surface area contributed by atoms with Crippen molar-refractivity contribution in [3.63, 3.8) is 0 Å². The van der Waals surface area contributed by atoms with Crippen molar-refractivity contribution in [1.82, 2.24) is 9.97 Å². The molecule has 6 nitrogen and oxygen atoms in total. The number of hydrogen-bond acceptors (Lipinski definition) is 6. The molecule has 0 unspecified atom stereocenters. The SMILES string of the molecule is COc1ccccc1N1CCN(c2cc(NCCC(C)C)nc(C)n2)CC1. The molecule has 2 aromatic rings. The molecule has 0 amide bonds. The maximum Gasteiger partial charge on any atom is 0.142 e. The minimum absolute atomic E-state index is 0.683. The highest BCUT2D eigenvalue weighted by Gasteiger charge is 2.21. The Labute approximate surface area is 162 Å². The number of piperazine rings is 1. The quantitative estimate of drug-likeness (QED) is 0.805. The lowest BCUT2D eigenvalue weighted by atomic mass is 10.1. The largest absolute Gasteiger partial charge is 0.495 e. The van der Waals surface area contributed by atoms with Gasteiger partial charge in [0.1, 0.15) is 23.2 Å². The topological polar surface area (TPSA) is 53.5 Å². The highest BCUT2D eigenvalue weighted by Crippen LogP contribution is 2.29. The van der Waals surface area contributed by atoms with Crippen molar-refractivity contribution >= 4 is 17.3 Å². The second-order valence-corrected chi connectivity index (χ2v) is 7.41. The minimum atomic E-state index is 0.683. The van der Waals surface area contributed by atoms with E-state index in [0.29, 0.717) is 5.92 Å². The monoisotopic (exact) mass is 369 g/mol. The van der Waals surface area contributed by atoms with Gasteiger partial charge < -0.3 is 19.9 Å². The predicted octanol–water partition coefficient (Wildman–Crippen LogP) is 3.58. The molecule has 1 N–H and O–H groups in total. The third-order valence-electron chi connectivity index (χ3n) is 4.88. The third-order valence-corrected chi connectivity index (χ3v) is 4.88. The number of anilines is 3. The van der Waals surface area contributed by atoms with Gasteiger partial charge in [0.05, 0.1) is 12.8 Å². The molecular formula is C21H31N5O. The van der Waals surface area contributed by atoms with Crippen molar-refractivity contribution < 1.29 is 4.74 Å². The summed E-state index contributed by atoms with van der Waals surface area (Å²) >= 11 is 0. The van der Waals surface area contributed by atoms with Gasteiger partial charge in [0.2, 0.25) is 0 Å². The van der Waals surface area contributed by atoms with E-state index in [1.165, 1.54) is 0 Å². The molecule has 0 spiro atoms. The van der Waals surface area contributed by atoms with Gasteiger partial charge in [-0.15, -0.1) is 0 Å². The Morgan fingerprint density at radius 1 is 1.07 bits per heavy atom. The smallest absolute Gasteiger partial charge is 0.142 e. The molecule has 0 saturated carbocycles. The maximum absolute atomic E-state index is 5.51. The van der Waals surface area contributed by atoms with E-state index in [4.69, 9.17) is 4.74 Å². The number of aryl methyl sites for hydroxylation is 1. The average Bonchev–Trinajstić information content (AvgIpc) is 2.67. The highest BCUT2D eigenvalue weighted by atomic mass is 16.5. The van der Waals surface area contributed by atoms with Gasteiger partial charge >= 0.3 is 0 Å². The molecule has 1 aliphatic heterocycles. The number of nitrogens with one attached hydrogen (secondary N) is 1. The average molecular weight is 370 g/mol. The zero-order valence-corrected chi connectivity index (χ0v) is 16.9. The molecule has 6 heteroatoms. The van der Waals surface area contributed by atoms with Crippen LogP contribution < -0.4 is 19.9 Å².